The second-order valence-corrected chi connectivity index (χ2v) is 14.1. The second-order valence-electron chi connectivity index (χ2n) is 11.4. The van der Waals surface area contributed by atoms with E-state index >= 15 is 4.39 Å². The smallest absolute Gasteiger partial charge is 0.269 e. The van der Waals surface area contributed by atoms with Crippen LogP contribution >= 0.6 is 15.9 Å². The number of halogens is 2. The normalized spacial score (nSPS) is 11.8. The molecule has 0 aliphatic rings. The molecule has 0 atom stereocenters. The molecule has 2 aromatic heterocycles. The van der Waals surface area contributed by atoms with E-state index < -0.39 is 10.0 Å². The van der Waals surface area contributed by atoms with Gasteiger partial charge >= 0.3 is 0 Å². The molecule has 6 nitrogen and oxygen atoms in total. The molecular weight excluding hydrogens is 687 g/mol. The van der Waals surface area contributed by atoms with Crippen LogP contribution in [0.15, 0.2) is 149 Å². The van der Waals surface area contributed by atoms with Crippen molar-refractivity contribution < 1.29 is 12.8 Å². The first-order chi connectivity index (χ1) is 23.3. The van der Waals surface area contributed by atoms with E-state index in [1.165, 1.54) is 10.0 Å². The van der Waals surface area contributed by atoms with Gasteiger partial charge in [-0.1, -0.05) is 119 Å². The SMILES string of the molecule is Cc1ccc(S(=O)(=O)n2c(-c3ccccc3)nc3c(-n4c(-c5ccccc5)nc5cccc(-c6c(F)cccc6Br)c54)cccc32)cc1. The van der Waals surface area contributed by atoms with E-state index in [4.69, 9.17) is 9.97 Å². The lowest BCUT2D eigenvalue weighted by atomic mass is 10.0. The molecule has 0 N–H and O–H groups in total. The molecule has 8 aromatic rings. The minimum Gasteiger partial charge on any atom is -0.289 e. The van der Waals surface area contributed by atoms with Gasteiger partial charge in [-0.25, -0.2) is 26.7 Å². The Kier molecular flexibility index (Phi) is 7.31. The van der Waals surface area contributed by atoms with Gasteiger partial charge in [-0.2, -0.15) is 0 Å². The van der Waals surface area contributed by atoms with E-state index in [9.17, 15) is 8.42 Å². The molecule has 0 saturated carbocycles. The Balaban J connectivity index is 1.51. The standard InChI is InChI=1S/C39H26BrFN4O2S/c1-25-21-23-28(24-22-25)48(46,47)45-34-20-10-19-33(36(34)43-39(45)27-13-6-3-7-14-27)44-37-29(35-30(40)16-9-17-31(35)41)15-8-18-32(37)42-38(44)26-11-4-2-5-12-26/h2-24H,1H3. The Bertz CT molecular complexity index is 2580. The van der Waals surface area contributed by atoms with Gasteiger partial charge in [-0.05, 0) is 49.4 Å². The molecule has 2 heterocycles. The minimum atomic E-state index is -4.10. The van der Waals surface area contributed by atoms with Gasteiger partial charge in [-0.3, -0.25) is 4.57 Å². The van der Waals surface area contributed by atoms with Gasteiger partial charge in [0.25, 0.3) is 10.0 Å². The van der Waals surface area contributed by atoms with Gasteiger partial charge in [0.1, 0.15) is 17.2 Å². The zero-order valence-corrected chi connectivity index (χ0v) is 28.0. The number of imidazole rings is 2. The summed E-state index contributed by atoms with van der Waals surface area (Å²) in [4.78, 5) is 10.3. The predicted molar refractivity (Wildman–Crippen MR) is 192 cm³/mol. The monoisotopic (exact) mass is 712 g/mol. The van der Waals surface area contributed by atoms with Crippen molar-refractivity contribution in [1.29, 1.82) is 0 Å². The summed E-state index contributed by atoms with van der Waals surface area (Å²) in [5.41, 5.74) is 6.21. The first-order valence-electron chi connectivity index (χ1n) is 15.2. The summed E-state index contributed by atoms with van der Waals surface area (Å²) in [6.45, 7) is 1.92. The molecule has 0 saturated heterocycles. The van der Waals surface area contributed by atoms with E-state index in [-0.39, 0.29) is 16.5 Å². The van der Waals surface area contributed by atoms with Gasteiger partial charge < -0.3 is 0 Å². The van der Waals surface area contributed by atoms with Crippen LogP contribution in [0.5, 0.6) is 0 Å². The fraction of sp³-hybridized carbons (Fsp3) is 0.0256. The summed E-state index contributed by atoms with van der Waals surface area (Å²) in [5.74, 6) is 0.500. The third kappa shape index (κ3) is 4.85. The average Bonchev–Trinajstić information content (AvgIpc) is 3.70. The number of nitrogens with zero attached hydrogens (tertiary/aromatic N) is 4. The van der Waals surface area contributed by atoms with Gasteiger partial charge in [0.2, 0.25) is 0 Å². The van der Waals surface area contributed by atoms with Gasteiger partial charge in [0.05, 0.1) is 27.1 Å². The molecule has 234 valence electrons. The van der Waals surface area contributed by atoms with Gasteiger partial charge in [0, 0.05) is 26.7 Å². The van der Waals surface area contributed by atoms with Crippen molar-refractivity contribution in [3.05, 3.63) is 155 Å². The highest BCUT2D eigenvalue weighted by Gasteiger charge is 2.28. The first kappa shape index (κ1) is 30.0. The number of rotatable bonds is 6. The van der Waals surface area contributed by atoms with Gasteiger partial charge in [-0.15, -0.1) is 0 Å². The fourth-order valence-electron chi connectivity index (χ4n) is 6.17. The lowest BCUT2D eigenvalue weighted by Gasteiger charge is -2.15. The van der Waals surface area contributed by atoms with Crippen molar-refractivity contribution in [3.8, 4) is 39.6 Å². The maximum absolute atomic E-state index is 15.6. The number of benzene rings is 6. The molecule has 0 bridgehead atoms. The second kappa shape index (κ2) is 11.7. The summed E-state index contributed by atoms with van der Waals surface area (Å²) in [7, 11) is -4.10. The molecule has 0 fully saturated rings. The third-order valence-corrected chi connectivity index (χ3v) is 10.8. The Morgan fingerprint density at radius 3 is 2.00 bits per heavy atom. The van der Waals surface area contributed by atoms with Crippen LogP contribution in [0.3, 0.4) is 0 Å². The summed E-state index contributed by atoms with van der Waals surface area (Å²) in [5, 5.41) is 0. The quantitative estimate of drug-likeness (QED) is 0.172. The Hall–Kier alpha value is -5.38. The molecule has 0 amide bonds. The van der Waals surface area contributed by atoms with Crippen LogP contribution in [-0.2, 0) is 10.0 Å². The number of aryl methyl sites for hydroxylation is 1. The van der Waals surface area contributed by atoms with Crippen molar-refractivity contribution in [1.82, 2.24) is 18.5 Å². The van der Waals surface area contributed by atoms with E-state index in [0.717, 1.165) is 11.1 Å². The lowest BCUT2D eigenvalue weighted by molar-refractivity contribution is 0.589. The molecule has 0 unspecified atom stereocenters. The Morgan fingerprint density at radius 1 is 0.667 bits per heavy atom. The molecule has 0 aliphatic heterocycles. The number of para-hydroxylation sites is 2. The van der Waals surface area contributed by atoms with E-state index in [2.05, 4.69) is 15.9 Å². The van der Waals surface area contributed by atoms with Crippen LogP contribution in [0.25, 0.3) is 61.7 Å². The Morgan fingerprint density at radius 2 is 1.31 bits per heavy atom. The van der Waals surface area contributed by atoms with Crippen molar-refractivity contribution in [3.63, 3.8) is 0 Å². The summed E-state index contributed by atoms with van der Waals surface area (Å²) in [6, 6.07) is 41.8. The summed E-state index contributed by atoms with van der Waals surface area (Å²) >= 11 is 3.58. The number of fused-ring (bicyclic) bond motifs is 2. The van der Waals surface area contributed by atoms with E-state index in [0.29, 0.717) is 54.7 Å². The average molecular weight is 714 g/mol. The molecule has 0 aliphatic carbocycles. The number of aromatic nitrogens is 4. The summed E-state index contributed by atoms with van der Waals surface area (Å²) < 4.78 is 48.5. The molecule has 6 aromatic carbocycles. The maximum Gasteiger partial charge on any atom is 0.269 e. The largest absolute Gasteiger partial charge is 0.289 e. The molecule has 0 radical (unpaired) electrons. The molecule has 48 heavy (non-hydrogen) atoms. The number of hydrogen-bond acceptors (Lipinski definition) is 4. The third-order valence-electron chi connectivity index (χ3n) is 8.39. The lowest BCUT2D eigenvalue weighted by Crippen LogP contribution is -2.14. The van der Waals surface area contributed by atoms with E-state index in [1.54, 1.807) is 42.5 Å². The van der Waals surface area contributed by atoms with Crippen LogP contribution < -0.4 is 0 Å². The van der Waals surface area contributed by atoms with Crippen molar-refractivity contribution in [2.24, 2.45) is 0 Å². The van der Waals surface area contributed by atoms with Crippen LogP contribution in [-0.4, -0.2) is 26.9 Å². The molecular formula is C39H26BrFN4O2S. The number of hydrogen-bond donors (Lipinski definition) is 0. The first-order valence-corrected chi connectivity index (χ1v) is 17.5. The predicted octanol–water partition coefficient (Wildman–Crippen LogP) is 9.82. The van der Waals surface area contributed by atoms with Crippen LogP contribution in [0, 0.1) is 12.7 Å². The fourth-order valence-corrected chi connectivity index (χ4v) is 8.20. The highest BCUT2D eigenvalue weighted by molar-refractivity contribution is 9.10. The van der Waals surface area contributed by atoms with E-state index in [1.807, 2.05) is 102 Å². The van der Waals surface area contributed by atoms with Crippen molar-refractivity contribution >= 4 is 48.0 Å². The Labute approximate surface area is 285 Å². The van der Waals surface area contributed by atoms with Crippen molar-refractivity contribution in [2.75, 3.05) is 0 Å². The maximum atomic E-state index is 15.6. The highest BCUT2D eigenvalue weighted by atomic mass is 79.9. The van der Waals surface area contributed by atoms with Crippen LogP contribution in [0.1, 0.15) is 5.56 Å². The zero-order chi connectivity index (χ0) is 33.0. The summed E-state index contributed by atoms with van der Waals surface area (Å²) in [6.07, 6.45) is 0. The molecule has 9 heteroatoms. The molecule has 8 rings (SSSR count). The topological polar surface area (TPSA) is 69.8 Å². The van der Waals surface area contributed by atoms with Gasteiger partial charge in [0.15, 0.2) is 5.82 Å². The highest BCUT2D eigenvalue weighted by Crippen LogP contribution is 2.41. The van der Waals surface area contributed by atoms with Crippen molar-refractivity contribution in [2.45, 2.75) is 11.8 Å². The zero-order valence-electron chi connectivity index (χ0n) is 25.5. The molecule has 0 spiro atoms. The van der Waals surface area contributed by atoms with Crippen LogP contribution in [0.4, 0.5) is 4.39 Å². The van der Waals surface area contributed by atoms with Crippen LogP contribution in [0.2, 0.25) is 0 Å². The minimum absolute atomic E-state index is 0.153.